The summed E-state index contributed by atoms with van der Waals surface area (Å²) in [4.78, 5) is 14.4. The van der Waals surface area contributed by atoms with E-state index in [0.717, 1.165) is 50.1 Å². The van der Waals surface area contributed by atoms with Crippen molar-refractivity contribution in [3.05, 3.63) is 110 Å². The fraction of sp³-hybridized carbons (Fsp3) is 0.0882. The van der Waals surface area contributed by atoms with Crippen LogP contribution in [0.4, 0.5) is 0 Å². The van der Waals surface area contributed by atoms with Crippen LogP contribution in [0.2, 0.25) is 19.6 Å². The number of ether oxygens (including phenoxy) is 1. The third kappa shape index (κ3) is 3.66. The van der Waals surface area contributed by atoms with Gasteiger partial charge >= 0.3 is 0 Å². The number of pyridine rings is 3. The van der Waals surface area contributed by atoms with E-state index in [1.54, 1.807) is 0 Å². The Bertz CT molecular complexity index is 2280. The number of rotatable bonds is 4. The second-order valence-corrected chi connectivity index (χ2v) is 16.5. The monoisotopic (exact) mass is 549 g/mol. The first-order valence-electron chi connectivity index (χ1n) is 13.8. The first-order chi connectivity index (χ1) is 20.0. The third-order valence-electron chi connectivity index (χ3n) is 7.85. The molecule has 0 fully saturated rings. The predicted molar refractivity (Wildman–Crippen MR) is 170 cm³/mol. The molecule has 0 radical (unpaired) electrons. The van der Waals surface area contributed by atoms with Gasteiger partial charge in [-0.05, 0) is 47.7 Å². The van der Waals surface area contributed by atoms with Crippen molar-refractivity contribution in [2.45, 2.75) is 19.6 Å². The van der Waals surface area contributed by atoms with E-state index in [-0.39, 0.29) is 0 Å². The molecule has 7 heteroatoms. The van der Waals surface area contributed by atoms with Gasteiger partial charge in [-0.2, -0.15) is 0 Å². The van der Waals surface area contributed by atoms with Crippen molar-refractivity contribution >= 4 is 62.5 Å². The maximum atomic E-state index is 6.49. The van der Waals surface area contributed by atoms with Crippen LogP contribution in [0.1, 0.15) is 0 Å². The maximum Gasteiger partial charge on any atom is 0.146 e. The first-order valence-corrected chi connectivity index (χ1v) is 17.3. The molecule has 0 N–H and O–H groups in total. The topological polar surface area (TPSA) is 57.2 Å². The Morgan fingerprint density at radius 2 is 1.49 bits per heavy atom. The summed E-state index contributed by atoms with van der Waals surface area (Å²) in [5.74, 6) is 2.28. The van der Waals surface area contributed by atoms with Gasteiger partial charge in [0, 0.05) is 46.2 Å². The lowest BCUT2D eigenvalue weighted by Crippen LogP contribution is -2.38. The molecule has 0 aliphatic carbocycles. The van der Waals surface area contributed by atoms with Gasteiger partial charge in [-0.3, -0.25) is 14.0 Å². The average molecular weight is 550 g/mol. The summed E-state index contributed by atoms with van der Waals surface area (Å²) in [5, 5.41) is 5.91. The minimum absolute atomic E-state index is 0.673. The molecule has 0 unspecified atom stereocenters. The third-order valence-corrected chi connectivity index (χ3v) is 9.88. The fourth-order valence-corrected chi connectivity index (χ4v) is 7.66. The van der Waals surface area contributed by atoms with E-state index >= 15 is 0 Å². The van der Waals surface area contributed by atoms with Gasteiger partial charge in [-0.15, -0.1) is 0 Å². The van der Waals surface area contributed by atoms with E-state index in [1.807, 2.05) is 49.1 Å². The van der Waals surface area contributed by atoms with Gasteiger partial charge in [0.15, 0.2) is 0 Å². The van der Waals surface area contributed by atoms with Crippen LogP contribution in [-0.2, 0) is 0 Å². The van der Waals surface area contributed by atoms with Crippen molar-refractivity contribution in [3.63, 3.8) is 0 Å². The number of para-hydroxylation sites is 1. The van der Waals surface area contributed by atoms with Gasteiger partial charge in [0.05, 0.1) is 36.3 Å². The molecular weight excluding hydrogens is 522 g/mol. The Kier molecular flexibility index (Phi) is 5.08. The van der Waals surface area contributed by atoms with Crippen LogP contribution in [0.5, 0.6) is 11.5 Å². The van der Waals surface area contributed by atoms with E-state index in [9.17, 15) is 0 Å². The Labute approximate surface area is 237 Å². The molecule has 5 aromatic heterocycles. The molecular formula is C34H27N5OSi. The Morgan fingerprint density at radius 1 is 0.659 bits per heavy atom. The standard InChI is InChI=1S/C34H27N5OSi/c1-41(2,3)30-12-8-11-28-32(30)33-26(34-36-17-18-38(28)34)19-23(21-37-33)40-22-14-15-25-24-9-4-5-10-27(24)39(29(25)20-22)31-13-6-7-16-35-31/h4-21H,1-3H3. The molecule has 6 nitrogen and oxygen atoms in total. The molecule has 3 aromatic carbocycles. The molecule has 0 atom stereocenters. The summed E-state index contributed by atoms with van der Waals surface area (Å²) >= 11 is 0. The quantitative estimate of drug-likeness (QED) is 0.166. The fourth-order valence-electron chi connectivity index (χ4n) is 6.07. The van der Waals surface area contributed by atoms with Crippen LogP contribution in [0, 0.1) is 0 Å². The predicted octanol–water partition coefficient (Wildman–Crippen LogP) is 7.87. The van der Waals surface area contributed by atoms with Crippen molar-refractivity contribution in [2.75, 3.05) is 0 Å². The highest BCUT2D eigenvalue weighted by atomic mass is 28.3. The van der Waals surface area contributed by atoms with Gasteiger partial charge in [0.25, 0.3) is 0 Å². The maximum absolute atomic E-state index is 6.49. The lowest BCUT2D eigenvalue weighted by molar-refractivity contribution is 0.482. The highest BCUT2D eigenvalue weighted by Crippen LogP contribution is 2.36. The minimum Gasteiger partial charge on any atom is -0.456 e. The molecule has 41 heavy (non-hydrogen) atoms. The molecule has 0 bridgehead atoms. The van der Waals surface area contributed by atoms with E-state index in [4.69, 9.17) is 14.7 Å². The molecule has 198 valence electrons. The zero-order valence-corrected chi connectivity index (χ0v) is 24.0. The minimum atomic E-state index is -1.64. The van der Waals surface area contributed by atoms with Crippen molar-refractivity contribution in [2.24, 2.45) is 0 Å². The van der Waals surface area contributed by atoms with Crippen LogP contribution < -0.4 is 9.92 Å². The number of benzene rings is 3. The average Bonchev–Trinajstić information content (AvgIpc) is 3.60. The molecule has 5 heterocycles. The van der Waals surface area contributed by atoms with Crippen molar-refractivity contribution in [3.8, 4) is 17.3 Å². The summed E-state index contributed by atoms with van der Waals surface area (Å²) in [6.45, 7) is 7.14. The molecule has 8 aromatic rings. The molecule has 0 amide bonds. The second-order valence-electron chi connectivity index (χ2n) is 11.5. The summed E-state index contributed by atoms with van der Waals surface area (Å²) < 4.78 is 10.9. The van der Waals surface area contributed by atoms with E-state index < -0.39 is 8.07 Å². The van der Waals surface area contributed by atoms with Gasteiger partial charge in [0.2, 0.25) is 0 Å². The lowest BCUT2D eigenvalue weighted by atomic mass is 10.1. The highest BCUT2D eigenvalue weighted by molar-refractivity contribution is 6.90. The zero-order valence-electron chi connectivity index (χ0n) is 23.0. The summed E-state index contributed by atoms with van der Waals surface area (Å²) in [5.41, 5.74) is 5.13. The second kappa shape index (κ2) is 8.74. The number of nitrogens with zero attached hydrogens (tertiary/aromatic N) is 5. The van der Waals surface area contributed by atoms with Crippen molar-refractivity contribution in [1.82, 2.24) is 23.9 Å². The Balaban J connectivity index is 1.31. The van der Waals surface area contributed by atoms with E-state index in [0.29, 0.717) is 5.75 Å². The van der Waals surface area contributed by atoms with Crippen LogP contribution in [0.15, 0.2) is 110 Å². The number of fused-ring (bicyclic) bond motifs is 9. The molecule has 8 rings (SSSR count). The smallest absolute Gasteiger partial charge is 0.146 e. The SMILES string of the molecule is C[Si](C)(C)c1cccc2c1c1ncc(Oc3ccc4c5ccccc5n(-c5ccccn5)c4c3)cc1c1nccn21. The Morgan fingerprint density at radius 3 is 2.34 bits per heavy atom. The number of hydrogen-bond acceptors (Lipinski definition) is 4. The van der Waals surface area contributed by atoms with Gasteiger partial charge in [0.1, 0.15) is 23.0 Å². The lowest BCUT2D eigenvalue weighted by Gasteiger charge is -2.21. The van der Waals surface area contributed by atoms with Gasteiger partial charge in [-0.25, -0.2) is 9.97 Å². The molecule has 0 saturated heterocycles. The van der Waals surface area contributed by atoms with Gasteiger partial charge in [-0.1, -0.05) is 56.0 Å². The molecule has 0 spiro atoms. The molecule has 0 aliphatic heterocycles. The van der Waals surface area contributed by atoms with Crippen LogP contribution in [0.3, 0.4) is 0 Å². The Hall–Kier alpha value is -5.01. The van der Waals surface area contributed by atoms with E-state index in [2.05, 4.69) is 94.3 Å². The zero-order chi connectivity index (χ0) is 27.7. The summed E-state index contributed by atoms with van der Waals surface area (Å²) in [6, 6.07) is 29.3. The van der Waals surface area contributed by atoms with Crippen molar-refractivity contribution in [1.29, 1.82) is 0 Å². The van der Waals surface area contributed by atoms with Crippen LogP contribution in [-0.4, -0.2) is 32.0 Å². The van der Waals surface area contributed by atoms with E-state index in [1.165, 1.54) is 16.0 Å². The number of hydrogen-bond donors (Lipinski definition) is 0. The number of aromatic nitrogens is 5. The molecule has 0 aliphatic rings. The molecule has 0 saturated carbocycles. The summed E-state index contributed by atoms with van der Waals surface area (Å²) in [6.07, 6.45) is 7.54. The normalized spacial score (nSPS) is 12.3. The van der Waals surface area contributed by atoms with Gasteiger partial charge < -0.3 is 4.74 Å². The van der Waals surface area contributed by atoms with Crippen molar-refractivity contribution < 1.29 is 4.74 Å². The highest BCUT2D eigenvalue weighted by Gasteiger charge is 2.23. The van der Waals surface area contributed by atoms with Crippen LogP contribution >= 0.6 is 0 Å². The first kappa shape index (κ1) is 23.8. The number of imidazole rings is 1. The van der Waals surface area contributed by atoms with Crippen LogP contribution in [0.25, 0.3) is 55.1 Å². The largest absolute Gasteiger partial charge is 0.456 e. The summed E-state index contributed by atoms with van der Waals surface area (Å²) in [7, 11) is -1.64.